The number of hydrogen-bond acceptors (Lipinski definition) is 4. The fourth-order valence-electron chi connectivity index (χ4n) is 4.19. The van der Waals surface area contributed by atoms with Crippen LogP contribution in [-0.2, 0) is 0 Å². The molecule has 0 atom stereocenters. The highest BCUT2D eigenvalue weighted by atomic mass is 35.5. The number of nitrogens with zero attached hydrogens (tertiary/aromatic N) is 3. The number of phenolic OH excluding ortho intramolecular Hbond substituents is 1. The second-order valence-corrected chi connectivity index (χ2v) is 8.82. The molecule has 0 unspecified atom stereocenters. The van der Waals surface area contributed by atoms with E-state index in [1.165, 1.54) is 18.6 Å². The van der Waals surface area contributed by atoms with Gasteiger partial charge in [-0.15, -0.1) is 0 Å². The number of benzene rings is 2. The molecule has 1 saturated heterocycles. The molecule has 0 bridgehead atoms. The summed E-state index contributed by atoms with van der Waals surface area (Å²) in [4.78, 5) is 8.76. The van der Waals surface area contributed by atoms with E-state index in [2.05, 4.69) is 34.9 Å². The van der Waals surface area contributed by atoms with Crippen molar-refractivity contribution in [1.82, 2.24) is 9.88 Å². The lowest BCUT2D eigenvalue weighted by molar-refractivity contribution is 0.313. The van der Waals surface area contributed by atoms with Crippen LogP contribution in [0.4, 0.5) is 14.5 Å². The number of fused-ring (bicyclic) bond motifs is 1. The first-order valence-corrected chi connectivity index (χ1v) is 10.8. The number of piperidine rings is 1. The first-order chi connectivity index (χ1) is 14.8. The first kappa shape index (κ1) is 21.8. The third-order valence-corrected chi connectivity index (χ3v) is 6.28. The summed E-state index contributed by atoms with van der Waals surface area (Å²) in [7, 11) is 4.19. The predicted octanol–water partition coefficient (Wildman–Crippen LogP) is 5.51. The van der Waals surface area contributed by atoms with Crippen LogP contribution in [0.3, 0.4) is 0 Å². The number of hydrogen-bond donors (Lipinski definition) is 1. The maximum Gasteiger partial charge on any atom is 0.170 e. The molecule has 163 valence electrons. The van der Waals surface area contributed by atoms with E-state index in [-0.39, 0.29) is 16.1 Å². The van der Waals surface area contributed by atoms with Gasteiger partial charge < -0.3 is 14.9 Å². The van der Waals surface area contributed by atoms with Crippen molar-refractivity contribution in [3.8, 4) is 16.9 Å². The summed E-state index contributed by atoms with van der Waals surface area (Å²) < 4.78 is 28.9. The van der Waals surface area contributed by atoms with Crippen LogP contribution in [0, 0.1) is 23.6 Å². The van der Waals surface area contributed by atoms with Crippen LogP contribution in [0.1, 0.15) is 19.3 Å². The van der Waals surface area contributed by atoms with Crippen LogP contribution in [0.5, 0.6) is 5.75 Å². The molecule has 1 fully saturated rings. The monoisotopic (exact) mass is 444 g/mol. The normalized spacial score (nSPS) is 15.2. The molecule has 2 aromatic carbocycles. The summed E-state index contributed by atoms with van der Waals surface area (Å²) in [6.45, 7) is 2.89. The summed E-state index contributed by atoms with van der Waals surface area (Å²) in [6.07, 6.45) is 4.95. The molecule has 1 aliphatic heterocycles. The minimum Gasteiger partial charge on any atom is -0.504 e. The topological polar surface area (TPSA) is 39.6 Å². The molecule has 0 spiro atoms. The SMILES string of the molecule is CN(C)CCC1CCN(c2[c]cnc3cc(F)c(-c4cc(F)c(O)c(Cl)c4)cc23)CC1. The molecule has 0 amide bonds. The number of phenols is 1. The second kappa shape index (κ2) is 8.97. The highest BCUT2D eigenvalue weighted by Gasteiger charge is 2.22. The summed E-state index contributed by atoms with van der Waals surface area (Å²) in [5, 5.41) is 10.2. The smallest absolute Gasteiger partial charge is 0.170 e. The van der Waals surface area contributed by atoms with E-state index in [4.69, 9.17) is 11.6 Å². The molecule has 1 radical (unpaired) electrons. The standard InChI is InChI=1S/C24H25ClF2N3O/c1-29(2)8-4-15-5-9-30(10-6-15)23-3-7-28-22-14-20(26)17(13-18(22)23)16-11-19(25)24(31)21(27)12-16/h7,11-15,31H,4-6,8-10H2,1-2H3. The summed E-state index contributed by atoms with van der Waals surface area (Å²) in [6, 6.07) is 8.69. The Morgan fingerprint density at radius 1 is 1.16 bits per heavy atom. The van der Waals surface area contributed by atoms with E-state index in [0.29, 0.717) is 11.4 Å². The van der Waals surface area contributed by atoms with Gasteiger partial charge in [-0.2, -0.15) is 0 Å². The molecule has 0 aliphatic carbocycles. The fourth-order valence-corrected chi connectivity index (χ4v) is 4.40. The Hall–Kier alpha value is -2.44. The minimum absolute atomic E-state index is 0.160. The maximum atomic E-state index is 14.8. The lowest BCUT2D eigenvalue weighted by atomic mass is 9.92. The Kier molecular flexibility index (Phi) is 6.30. The summed E-state index contributed by atoms with van der Waals surface area (Å²) in [5.41, 5.74) is 1.87. The third kappa shape index (κ3) is 4.60. The fraction of sp³-hybridized carbons (Fsp3) is 0.375. The Balaban J connectivity index is 1.66. The zero-order valence-corrected chi connectivity index (χ0v) is 18.4. The van der Waals surface area contributed by atoms with E-state index in [1.807, 2.05) is 0 Å². The number of anilines is 1. The second-order valence-electron chi connectivity index (χ2n) is 8.41. The van der Waals surface area contributed by atoms with Gasteiger partial charge in [0, 0.05) is 42.4 Å². The van der Waals surface area contributed by atoms with Gasteiger partial charge in [-0.3, -0.25) is 4.98 Å². The van der Waals surface area contributed by atoms with Crippen LogP contribution in [0.2, 0.25) is 5.02 Å². The Morgan fingerprint density at radius 3 is 2.58 bits per heavy atom. The van der Waals surface area contributed by atoms with Crippen molar-refractivity contribution in [2.45, 2.75) is 19.3 Å². The van der Waals surface area contributed by atoms with Gasteiger partial charge in [-0.05, 0) is 69.6 Å². The zero-order valence-electron chi connectivity index (χ0n) is 17.6. The molecule has 31 heavy (non-hydrogen) atoms. The number of aromatic nitrogens is 1. The largest absolute Gasteiger partial charge is 0.504 e. The van der Waals surface area contributed by atoms with Gasteiger partial charge >= 0.3 is 0 Å². The molecule has 1 N–H and O–H groups in total. The molecule has 2 heterocycles. The number of halogens is 3. The van der Waals surface area contributed by atoms with Gasteiger partial charge in [0.2, 0.25) is 0 Å². The van der Waals surface area contributed by atoms with Crippen molar-refractivity contribution in [2.75, 3.05) is 38.6 Å². The minimum atomic E-state index is -0.889. The van der Waals surface area contributed by atoms with Crippen molar-refractivity contribution < 1.29 is 13.9 Å². The van der Waals surface area contributed by atoms with Gasteiger partial charge in [-0.1, -0.05) is 11.6 Å². The van der Waals surface area contributed by atoms with Crippen molar-refractivity contribution in [2.24, 2.45) is 5.92 Å². The third-order valence-electron chi connectivity index (χ3n) is 5.99. The highest BCUT2D eigenvalue weighted by molar-refractivity contribution is 6.32. The van der Waals surface area contributed by atoms with Crippen LogP contribution in [0.25, 0.3) is 22.0 Å². The lowest BCUT2D eigenvalue weighted by Gasteiger charge is -2.34. The molecular weight excluding hydrogens is 420 g/mol. The number of pyridine rings is 1. The van der Waals surface area contributed by atoms with Crippen LogP contribution < -0.4 is 4.90 Å². The summed E-state index contributed by atoms with van der Waals surface area (Å²) in [5.74, 6) is -1.36. The summed E-state index contributed by atoms with van der Waals surface area (Å²) >= 11 is 5.91. The Bertz CT molecular complexity index is 1070. The maximum absolute atomic E-state index is 14.8. The van der Waals surface area contributed by atoms with Crippen LogP contribution >= 0.6 is 11.6 Å². The highest BCUT2D eigenvalue weighted by Crippen LogP contribution is 2.37. The van der Waals surface area contributed by atoms with E-state index in [0.717, 1.165) is 49.6 Å². The molecule has 3 aromatic rings. The van der Waals surface area contributed by atoms with Gasteiger partial charge in [0.15, 0.2) is 11.6 Å². The quantitative estimate of drug-likeness (QED) is 0.563. The van der Waals surface area contributed by atoms with Crippen molar-refractivity contribution in [1.29, 1.82) is 0 Å². The van der Waals surface area contributed by atoms with Gasteiger partial charge in [0.05, 0.1) is 16.2 Å². The van der Waals surface area contributed by atoms with E-state index in [1.54, 1.807) is 12.3 Å². The van der Waals surface area contributed by atoms with Crippen molar-refractivity contribution >= 4 is 28.2 Å². The Morgan fingerprint density at radius 2 is 1.90 bits per heavy atom. The van der Waals surface area contributed by atoms with E-state index in [9.17, 15) is 13.9 Å². The van der Waals surface area contributed by atoms with Crippen molar-refractivity contribution in [3.63, 3.8) is 0 Å². The molecule has 4 nitrogen and oxygen atoms in total. The van der Waals surface area contributed by atoms with Gasteiger partial charge in [0.25, 0.3) is 0 Å². The average molecular weight is 445 g/mol. The lowest BCUT2D eigenvalue weighted by Crippen LogP contribution is -2.34. The van der Waals surface area contributed by atoms with Gasteiger partial charge in [-0.25, -0.2) is 8.78 Å². The van der Waals surface area contributed by atoms with Crippen LogP contribution in [-0.4, -0.2) is 48.7 Å². The first-order valence-electron chi connectivity index (χ1n) is 10.4. The molecular formula is C24H25ClF2N3O. The molecule has 4 rings (SSSR count). The van der Waals surface area contributed by atoms with E-state index >= 15 is 0 Å². The molecule has 1 aromatic heterocycles. The van der Waals surface area contributed by atoms with E-state index < -0.39 is 17.4 Å². The average Bonchev–Trinajstić information content (AvgIpc) is 2.75. The molecule has 1 aliphatic rings. The molecule has 7 heteroatoms. The van der Waals surface area contributed by atoms with Crippen molar-refractivity contribution in [3.05, 3.63) is 53.2 Å². The predicted molar refractivity (Wildman–Crippen MR) is 121 cm³/mol. The number of rotatable bonds is 5. The van der Waals surface area contributed by atoms with Gasteiger partial charge in [0.1, 0.15) is 5.82 Å². The zero-order chi connectivity index (χ0) is 22.1. The van der Waals surface area contributed by atoms with Crippen LogP contribution in [0.15, 0.2) is 30.5 Å². The Labute approximate surface area is 186 Å². The number of aromatic hydroxyl groups is 1. The molecule has 0 saturated carbocycles.